The fraction of sp³-hybridized carbons (Fsp3) is 0.286. The van der Waals surface area contributed by atoms with E-state index < -0.39 is 4.92 Å². The Morgan fingerprint density at radius 3 is 2.90 bits per heavy atom. The lowest BCUT2D eigenvalue weighted by Gasteiger charge is -2.19. The number of carbonyl (C=O) groups is 1. The number of primary amides is 1. The molecule has 1 aliphatic rings. The zero-order valence-corrected chi connectivity index (χ0v) is 11.2. The molecule has 1 atom stereocenters. The van der Waals surface area contributed by atoms with Gasteiger partial charge in [0.2, 0.25) is 5.91 Å². The number of hydrogen-bond donors (Lipinski definition) is 1. The van der Waals surface area contributed by atoms with Crippen LogP contribution >= 0.6 is 0 Å². The Labute approximate surface area is 120 Å². The summed E-state index contributed by atoms with van der Waals surface area (Å²) in [7, 11) is 0. The highest BCUT2D eigenvalue weighted by Gasteiger charge is 2.28. The van der Waals surface area contributed by atoms with Crippen LogP contribution in [0.3, 0.4) is 0 Å². The first kappa shape index (κ1) is 13.3. The number of nitro benzene ring substituents is 1. The molecule has 1 saturated heterocycles. The summed E-state index contributed by atoms with van der Waals surface area (Å²) in [4.78, 5) is 28.1. The van der Waals surface area contributed by atoms with Crippen molar-refractivity contribution in [2.75, 3.05) is 18.0 Å². The second-order valence-electron chi connectivity index (χ2n) is 5.09. The first-order chi connectivity index (χ1) is 10.1. The maximum absolute atomic E-state index is 11.3. The van der Waals surface area contributed by atoms with E-state index in [1.165, 1.54) is 6.07 Å². The van der Waals surface area contributed by atoms with E-state index in [1.807, 2.05) is 17.0 Å². The van der Waals surface area contributed by atoms with Gasteiger partial charge in [0.25, 0.3) is 5.69 Å². The maximum Gasteiger partial charge on any atom is 0.295 e. The summed E-state index contributed by atoms with van der Waals surface area (Å²) in [5.74, 6) is -0.478. The molecule has 1 amide bonds. The molecule has 2 aromatic rings. The third-order valence-corrected chi connectivity index (χ3v) is 3.85. The Hall–Kier alpha value is -2.70. The summed E-state index contributed by atoms with van der Waals surface area (Å²) >= 11 is 0. The molecule has 1 unspecified atom stereocenters. The molecule has 0 saturated carbocycles. The minimum absolute atomic E-state index is 0.0139. The van der Waals surface area contributed by atoms with Gasteiger partial charge in [-0.25, -0.2) is 4.98 Å². The average molecular weight is 286 g/mol. The van der Waals surface area contributed by atoms with Crippen LogP contribution < -0.4 is 10.6 Å². The van der Waals surface area contributed by atoms with E-state index >= 15 is 0 Å². The van der Waals surface area contributed by atoms with E-state index in [9.17, 15) is 14.9 Å². The first-order valence-electron chi connectivity index (χ1n) is 6.64. The highest BCUT2D eigenvalue weighted by atomic mass is 16.6. The van der Waals surface area contributed by atoms with Crippen LogP contribution in [0.2, 0.25) is 0 Å². The van der Waals surface area contributed by atoms with Crippen LogP contribution in [0.5, 0.6) is 0 Å². The van der Waals surface area contributed by atoms with Gasteiger partial charge in [0.05, 0.1) is 10.8 Å². The average Bonchev–Trinajstić information content (AvgIpc) is 2.95. The van der Waals surface area contributed by atoms with E-state index in [0.29, 0.717) is 25.0 Å². The smallest absolute Gasteiger partial charge is 0.295 e. The third kappa shape index (κ3) is 2.26. The van der Waals surface area contributed by atoms with Gasteiger partial charge in [-0.1, -0.05) is 12.1 Å². The number of carbonyl (C=O) groups excluding carboxylic acids is 1. The number of benzene rings is 1. The van der Waals surface area contributed by atoms with Crippen LogP contribution in [-0.4, -0.2) is 28.9 Å². The number of aromatic nitrogens is 1. The summed E-state index contributed by atoms with van der Waals surface area (Å²) in [6.07, 6.45) is 2.26. The van der Waals surface area contributed by atoms with Crippen LogP contribution in [0.15, 0.2) is 30.5 Å². The molecule has 0 spiro atoms. The molecule has 21 heavy (non-hydrogen) atoms. The number of nitrogens with two attached hydrogens (primary N) is 1. The summed E-state index contributed by atoms with van der Waals surface area (Å²) in [5, 5.41) is 11.8. The number of pyridine rings is 1. The third-order valence-electron chi connectivity index (χ3n) is 3.85. The molecule has 1 aromatic carbocycles. The zero-order chi connectivity index (χ0) is 15.0. The number of non-ortho nitro benzene ring substituents is 1. The first-order valence-corrected chi connectivity index (χ1v) is 6.64. The summed E-state index contributed by atoms with van der Waals surface area (Å²) in [6.45, 7) is 1.24. The molecule has 7 heteroatoms. The number of nitrogens with zero attached hydrogens (tertiary/aromatic N) is 3. The largest absolute Gasteiger partial charge is 0.370 e. The zero-order valence-electron chi connectivity index (χ0n) is 11.2. The molecule has 2 heterocycles. The minimum Gasteiger partial charge on any atom is -0.370 e. The number of anilines is 1. The molecule has 0 radical (unpaired) electrons. The minimum atomic E-state index is -0.435. The molecule has 7 nitrogen and oxygen atoms in total. The Morgan fingerprint density at radius 2 is 2.24 bits per heavy atom. The number of fused-ring (bicyclic) bond motifs is 1. The van der Waals surface area contributed by atoms with Gasteiger partial charge < -0.3 is 10.6 Å². The fourth-order valence-electron chi connectivity index (χ4n) is 2.78. The molecule has 0 aliphatic carbocycles. The van der Waals surface area contributed by atoms with Crippen LogP contribution in [0, 0.1) is 16.0 Å². The maximum atomic E-state index is 11.3. The van der Waals surface area contributed by atoms with E-state index in [-0.39, 0.29) is 17.5 Å². The van der Waals surface area contributed by atoms with Crippen molar-refractivity contribution in [3.8, 4) is 0 Å². The van der Waals surface area contributed by atoms with Crippen molar-refractivity contribution in [3.63, 3.8) is 0 Å². The van der Waals surface area contributed by atoms with Crippen LogP contribution in [-0.2, 0) is 4.79 Å². The van der Waals surface area contributed by atoms with Gasteiger partial charge in [0.1, 0.15) is 5.52 Å². The van der Waals surface area contributed by atoms with Crippen molar-refractivity contribution in [1.29, 1.82) is 0 Å². The predicted octanol–water partition coefficient (Wildman–Crippen LogP) is 1.45. The topological polar surface area (TPSA) is 102 Å². The lowest BCUT2D eigenvalue weighted by molar-refractivity contribution is -0.383. The number of amides is 1. The number of hydrogen-bond acceptors (Lipinski definition) is 5. The van der Waals surface area contributed by atoms with Crippen molar-refractivity contribution in [2.24, 2.45) is 11.7 Å². The molecule has 108 valence electrons. The monoisotopic (exact) mass is 286 g/mol. The second kappa shape index (κ2) is 5.01. The van der Waals surface area contributed by atoms with Crippen molar-refractivity contribution in [3.05, 3.63) is 40.6 Å². The predicted molar refractivity (Wildman–Crippen MR) is 77.9 cm³/mol. The summed E-state index contributed by atoms with van der Waals surface area (Å²) in [6, 6.07) is 6.71. The van der Waals surface area contributed by atoms with Gasteiger partial charge in [-0.3, -0.25) is 14.9 Å². The van der Waals surface area contributed by atoms with Crippen molar-refractivity contribution < 1.29 is 9.72 Å². The summed E-state index contributed by atoms with van der Waals surface area (Å²) < 4.78 is 0. The SMILES string of the molecule is NC(=O)C1CCN(c2ccnc3c([N+](=O)[O-])cccc23)C1. The Kier molecular flexibility index (Phi) is 3.17. The van der Waals surface area contributed by atoms with E-state index in [0.717, 1.165) is 11.1 Å². The number of para-hydroxylation sites is 1. The molecule has 1 aromatic heterocycles. The van der Waals surface area contributed by atoms with Gasteiger partial charge in [0, 0.05) is 36.4 Å². The van der Waals surface area contributed by atoms with Crippen LogP contribution in [0.4, 0.5) is 11.4 Å². The molecule has 2 N–H and O–H groups in total. The van der Waals surface area contributed by atoms with Crippen molar-refractivity contribution in [2.45, 2.75) is 6.42 Å². The van der Waals surface area contributed by atoms with Crippen molar-refractivity contribution in [1.82, 2.24) is 4.98 Å². The van der Waals surface area contributed by atoms with Gasteiger partial charge in [0.15, 0.2) is 0 Å². The Balaban J connectivity index is 2.06. The summed E-state index contributed by atoms with van der Waals surface area (Å²) in [5.41, 5.74) is 6.55. The Bertz CT molecular complexity index is 731. The highest BCUT2D eigenvalue weighted by molar-refractivity contribution is 5.97. The van der Waals surface area contributed by atoms with Gasteiger partial charge >= 0.3 is 0 Å². The van der Waals surface area contributed by atoms with E-state index in [1.54, 1.807) is 12.3 Å². The van der Waals surface area contributed by atoms with Gasteiger partial charge in [-0.2, -0.15) is 0 Å². The number of nitro groups is 1. The highest BCUT2D eigenvalue weighted by Crippen LogP contribution is 2.33. The molecule has 0 bridgehead atoms. The normalized spacial score (nSPS) is 18.1. The van der Waals surface area contributed by atoms with Crippen LogP contribution in [0.1, 0.15) is 6.42 Å². The lowest BCUT2D eigenvalue weighted by atomic mass is 10.1. The second-order valence-corrected chi connectivity index (χ2v) is 5.09. The number of rotatable bonds is 3. The fourth-order valence-corrected chi connectivity index (χ4v) is 2.78. The molecule has 3 rings (SSSR count). The Morgan fingerprint density at radius 1 is 1.43 bits per heavy atom. The lowest BCUT2D eigenvalue weighted by Crippen LogP contribution is -2.27. The van der Waals surface area contributed by atoms with Gasteiger partial charge in [-0.15, -0.1) is 0 Å². The van der Waals surface area contributed by atoms with Gasteiger partial charge in [-0.05, 0) is 12.5 Å². The molecular weight excluding hydrogens is 272 g/mol. The molecule has 1 fully saturated rings. The standard InChI is InChI=1S/C14H14N4O3/c15-14(19)9-5-7-17(8-9)11-4-6-16-13-10(11)2-1-3-12(13)18(20)21/h1-4,6,9H,5,7-8H2,(H2,15,19). The quantitative estimate of drug-likeness (QED) is 0.679. The van der Waals surface area contributed by atoms with E-state index in [4.69, 9.17) is 5.73 Å². The van der Waals surface area contributed by atoms with Crippen LogP contribution in [0.25, 0.3) is 10.9 Å². The molecular formula is C14H14N4O3. The van der Waals surface area contributed by atoms with E-state index in [2.05, 4.69) is 4.98 Å². The molecule has 1 aliphatic heterocycles. The van der Waals surface area contributed by atoms with Crippen molar-refractivity contribution >= 4 is 28.2 Å².